The Morgan fingerprint density at radius 3 is 2.64 bits per heavy atom. The number of benzene rings is 1. The van der Waals surface area contributed by atoms with Crippen LogP contribution in [0.25, 0.3) is 33.5 Å². The summed E-state index contributed by atoms with van der Waals surface area (Å²) in [5.41, 5.74) is 5.28. The predicted octanol–water partition coefficient (Wildman–Crippen LogP) is 3.66. The van der Waals surface area contributed by atoms with Gasteiger partial charge in [-0.3, -0.25) is 15.0 Å². The van der Waals surface area contributed by atoms with Crippen LogP contribution in [0.15, 0.2) is 59.8 Å². The molecule has 0 saturated carbocycles. The summed E-state index contributed by atoms with van der Waals surface area (Å²) in [6.07, 6.45) is 8.58. The van der Waals surface area contributed by atoms with Crippen LogP contribution >= 0.6 is 0 Å². The van der Waals surface area contributed by atoms with Gasteiger partial charge < -0.3 is 4.52 Å². The Labute approximate surface area is 126 Å². The minimum Gasteiger partial charge on any atom is -0.355 e. The zero-order chi connectivity index (χ0) is 14.9. The van der Waals surface area contributed by atoms with Crippen LogP contribution in [0.3, 0.4) is 0 Å². The largest absolute Gasteiger partial charge is 0.355 e. The van der Waals surface area contributed by atoms with Gasteiger partial charge in [0.05, 0.1) is 11.6 Å². The zero-order valence-corrected chi connectivity index (χ0v) is 11.9. The molecule has 22 heavy (non-hydrogen) atoms. The molecule has 0 atom stereocenters. The normalized spacial score (nSPS) is 11.0. The lowest BCUT2D eigenvalue weighted by Gasteiger charge is -2.04. The molecule has 4 rings (SSSR count). The van der Waals surface area contributed by atoms with Gasteiger partial charge in [0.1, 0.15) is 11.4 Å². The van der Waals surface area contributed by atoms with E-state index in [1.54, 1.807) is 24.8 Å². The number of pyridine rings is 1. The first-order valence-electron chi connectivity index (χ1n) is 6.90. The molecule has 0 radical (unpaired) electrons. The first-order chi connectivity index (χ1) is 10.8. The molecule has 0 aliphatic carbocycles. The molecular weight excluding hydrogens is 276 g/mol. The maximum Gasteiger partial charge on any atom is 0.175 e. The molecule has 0 aliphatic heterocycles. The third-order valence-corrected chi connectivity index (χ3v) is 3.63. The average Bonchev–Trinajstić information content (AvgIpc) is 3.00. The van der Waals surface area contributed by atoms with E-state index in [2.05, 4.69) is 27.0 Å². The summed E-state index contributed by atoms with van der Waals surface area (Å²) in [7, 11) is 0. The number of rotatable bonds is 2. The number of aryl methyl sites for hydroxylation is 1. The monoisotopic (exact) mass is 288 g/mol. The molecule has 0 bridgehead atoms. The lowest BCUT2D eigenvalue weighted by atomic mass is 10.0. The van der Waals surface area contributed by atoms with E-state index in [0.717, 1.165) is 27.7 Å². The average molecular weight is 288 g/mol. The number of fused-ring (bicyclic) bond motifs is 1. The van der Waals surface area contributed by atoms with Gasteiger partial charge in [0.25, 0.3) is 0 Å². The summed E-state index contributed by atoms with van der Waals surface area (Å²) in [6, 6.07) is 7.96. The summed E-state index contributed by atoms with van der Waals surface area (Å²) < 4.78 is 5.60. The highest BCUT2D eigenvalue weighted by Crippen LogP contribution is 2.34. The molecule has 0 N–H and O–H groups in total. The smallest absolute Gasteiger partial charge is 0.175 e. The lowest BCUT2D eigenvalue weighted by molar-refractivity contribution is 0.460. The van der Waals surface area contributed by atoms with Gasteiger partial charge >= 0.3 is 0 Å². The van der Waals surface area contributed by atoms with Crippen molar-refractivity contribution in [2.75, 3.05) is 0 Å². The Kier molecular flexibility index (Phi) is 2.89. The zero-order valence-electron chi connectivity index (χ0n) is 11.9. The fraction of sp³-hybridized carbons (Fsp3) is 0.0588. The van der Waals surface area contributed by atoms with E-state index in [-0.39, 0.29) is 0 Å². The molecule has 106 valence electrons. The van der Waals surface area contributed by atoms with E-state index in [1.807, 2.05) is 30.5 Å². The Hall–Kier alpha value is -3.08. The second-order valence-electron chi connectivity index (χ2n) is 4.99. The van der Waals surface area contributed by atoms with Crippen molar-refractivity contribution in [1.82, 2.24) is 20.1 Å². The fourth-order valence-electron chi connectivity index (χ4n) is 2.53. The van der Waals surface area contributed by atoms with E-state index in [1.165, 1.54) is 0 Å². The summed E-state index contributed by atoms with van der Waals surface area (Å²) in [5, 5.41) is 5.10. The van der Waals surface area contributed by atoms with Crippen molar-refractivity contribution in [3.05, 3.63) is 60.8 Å². The quantitative estimate of drug-likeness (QED) is 0.563. The standard InChI is InChI=1S/C17H12N4O/c1-11-5-6-18-9-14(11)12-3-2-4-13-16(21-22-17(12)13)15-10-19-7-8-20-15/h2-10H,1H3. The van der Waals surface area contributed by atoms with Gasteiger partial charge in [-0.25, -0.2) is 0 Å². The highest BCUT2D eigenvalue weighted by molar-refractivity contribution is 5.99. The first kappa shape index (κ1) is 12.6. The van der Waals surface area contributed by atoms with Crippen LogP contribution < -0.4 is 0 Å². The van der Waals surface area contributed by atoms with Crippen LogP contribution in [0.2, 0.25) is 0 Å². The SMILES string of the molecule is Cc1ccncc1-c1cccc2c(-c3cnccn3)noc12. The molecule has 0 spiro atoms. The Morgan fingerprint density at radius 2 is 1.82 bits per heavy atom. The molecule has 0 saturated heterocycles. The van der Waals surface area contributed by atoms with E-state index in [4.69, 9.17) is 4.52 Å². The fourth-order valence-corrected chi connectivity index (χ4v) is 2.53. The van der Waals surface area contributed by atoms with E-state index in [0.29, 0.717) is 11.4 Å². The van der Waals surface area contributed by atoms with Gasteiger partial charge in [-0.05, 0) is 24.6 Å². The number of nitrogens with zero attached hydrogens (tertiary/aromatic N) is 4. The molecule has 0 fully saturated rings. The third kappa shape index (κ3) is 1.95. The first-order valence-corrected chi connectivity index (χ1v) is 6.90. The van der Waals surface area contributed by atoms with Gasteiger partial charge in [0.15, 0.2) is 5.58 Å². The minimum absolute atomic E-state index is 0.696. The second kappa shape index (κ2) is 5.04. The Balaban J connectivity index is 1.97. The van der Waals surface area contributed by atoms with Gasteiger partial charge in [0, 0.05) is 35.9 Å². The van der Waals surface area contributed by atoms with Crippen LogP contribution in [-0.2, 0) is 0 Å². The molecular formula is C17H12N4O. The summed E-state index contributed by atoms with van der Waals surface area (Å²) >= 11 is 0. The minimum atomic E-state index is 0.696. The van der Waals surface area contributed by atoms with Gasteiger partial charge in [-0.2, -0.15) is 0 Å². The van der Waals surface area contributed by atoms with E-state index >= 15 is 0 Å². The highest BCUT2D eigenvalue weighted by atomic mass is 16.5. The molecule has 3 aromatic heterocycles. The van der Waals surface area contributed by atoms with Crippen LogP contribution in [-0.4, -0.2) is 20.1 Å². The van der Waals surface area contributed by atoms with Crippen LogP contribution in [0.1, 0.15) is 5.56 Å². The molecule has 1 aromatic carbocycles. The van der Waals surface area contributed by atoms with Crippen LogP contribution in [0, 0.1) is 6.92 Å². The summed E-state index contributed by atoms with van der Waals surface area (Å²) in [5.74, 6) is 0. The van der Waals surface area contributed by atoms with Crippen LogP contribution in [0.5, 0.6) is 0 Å². The summed E-state index contributed by atoms with van der Waals surface area (Å²) in [6.45, 7) is 2.05. The number of para-hydroxylation sites is 1. The molecule has 4 aromatic rings. The molecule has 0 aliphatic rings. The van der Waals surface area contributed by atoms with Crippen molar-refractivity contribution < 1.29 is 4.52 Å². The highest BCUT2D eigenvalue weighted by Gasteiger charge is 2.16. The molecule has 5 heteroatoms. The van der Waals surface area contributed by atoms with Crippen LogP contribution in [0.4, 0.5) is 0 Å². The topological polar surface area (TPSA) is 64.7 Å². The van der Waals surface area contributed by atoms with Crippen molar-refractivity contribution in [3.63, 3.8) is 0 Å². The number of hydrogen-bond acceptors (Lipinski definition) is 5. The maximum atomic E-state index is 5.60. The van der Waals surface area contributed by atoms with Gasteiger partial charge in [-0.15, -0.1) is 0 Å². The Bertz CT molecular complexity index is 947. The molecule has 0 amide bonds. The predicted molar refractivity (Wildman–Crippen MR) is 83.0 cm³/mol. The van der Waals surface area contributed by atoms with Crippen molar-refractivity contribution in [2.45, 2.75) is 6.92 Å². The number of aromatic nitrogens is 4. The van der Waals surface area contributed by atoms with Crippen molar-refractivity contribution >= 4 is 11.0 Å². The molecule has 3 heterocycles. The van der Waals surface area contributed by atoms with Gasteiger partial charge in [-0.1, -0.05) is 17.3 Å². The van der Waals surface area contributed by atoms with Crippen molar-refractivity contribution in [1.29, 1.82) is 0 Å². The Morgan fingerprint density at radius 1 is 0.909 bits per heavy atom. The third-order valence-electron chi connectivity index (χ3n) is 3.63. The van der Waals surface area contributed by atoms with Crippen molar-refractivity contribution in [3.8, 4) is 22.5 Å². The number of hydrogen-bond donors (Lipinski definition) is 0. The maximum absolute atomic E-state index is 5.60. The van der Waals surface area contributed by atoms with E-state index < -0.39 is 0 Å². The molecule has 0 unspecified atom stereocenters. The molecule has 5 nitrogen and oxygen atoms in total. The lowest BCUT2D eigenvalue weighted by Crippen LogP contribution is -1.86. The van der Waals surface area contributed by atoms with E-state index in [9.17, 15) is 0 Å². The second-order valence-corrected chi connectivity index (χ2v) is 4.99. The summed E-state index contributed by atoms with van der Waals surface area (Å²) in [4.78, 5) is 12.6. The van der Waals surface area contributed by atoms with Crippen molar-refractivity contribution in [2.24, 2.45) is 0 Å². The van der Waals surface area contributed by atoms with Gasteiger partial charge in [0.2, 0.25) is 0 Å².